The number of phenolic OH excluding ortho intramolecular Hbond substituents is 1. The molecule has 1 fully saturated rings. The lowest BCUT2D eigenvalue weighted by atomic mass is 9.59. The van der Waals surface area contributed by atoms with Gasteiger partial charge in [-0.25, -0.2) is 0 Å². The first-order valence-corrected chi connectivity index (χ1v) is 10.3. The van der Waals surface area contributed by atoms with Crippen LogP contribution >= 0.6 is 15.9 Å². The fraction of sp³-hybridized carbons (Fsp3) is 0.273. The fourth-order valence-electron chi connectivity index (χ4n) is 5.27. The summed E-state index contributed by atoms with van der Waals surface area (Å²) in [5.41, 5.74) is 2.04. The summed E-state index contributed by atoms with van der Waals surface area (Å²) in [5, 5.41) is 20.1. The maximum atomic E-state index is 12.9. The molecule has 5 rings (SSSR count). The van der Waals surface area contributed by atoms with Crippen LogP contribution in [0.15, 0.2) is 57.6 Å². The SMILES string of the molecule is O=C1C=C(Br)C(=O)C2=C1C(c1cccc(O)c1)C1=CCC3C(=O)N(O)C(=O)C3C1C2. The minimum Gasteiger partial charge on any atom is -0.508 e. The number of rotatable bonds is 1. The Hall–Kier alpha value is -2.84. The molecule has 4 aliphatic rings. The van der Waals surface area contributed by atoms with Crippen molar-refractivity contribution in [2.45, 2.75) is 18.8 Å². The van der Waals surface area contributed by atoms with E-state index in [9.17, 15) is 29.5 Å². The van der Waals surface area contributed by atoms with Crippen LogP contribution < -0.4 is 0 Å². The molecule has 8 heteroatoms. The van der Waals surface area contributed by atoms with Gasteiger partial charge in [0.05, 0.1) is 16.3 Å². The van der Waals surface area contributed by atoms with Crippen LogP contribution in [0.1, 0.15) is 24.3 Å². The van der Waals surface area contributed by atoms with Gasteiger partial charge in [-0.2, -0.15) is 5.06 Å². The third-order valence-corrected chi connectivity index (χ3v) is 7.10. The van der Waals surface area contributed by atoms with Crippen LogP contribution in [0.5, 0.6) is 5.75 Å². The number of carbonyl (C=O) groups excluding carboxylic acids is 4. The standard InChI is InChI=1S/C22H16BrNO6/c23-15-8-16(26)19-14(20(15)27)7-13-11(17(19)9-2-1-3-10(25)6-9)4-5-12-18(13)22(29)24(30)21(12)28/h1-4,6,8,12-13,17-18,25,30H,5,7H2. The number of fused-ring (bicyclic) bond motifs is 3. The van der Waals surface area contributed by atoms with Gasteiger partial charge in [-0.3, -0.25) is 24.4 Å². The monoisotopic (exact) mass is 469 g/mol. The zero-order valence-corrected chi connectivity index (χ0v) is 17.1. The predicted octanol–water partition coefficient (Wildman–Crippen LogP) is 2.54. The van der Waals surface area contributed by atoms with Crippen molar-refractivity contribution < 1.29 is 29.5 Å². The highest BCUT2D eigenvalue weighted by Gasteiger charge is 2.56. The largest absolute Gasteiger partial charge is 0.508 e. The second-order valence-electron chi connectivity index (χ2n) is 7.98. The third-order valence-electron chi connectivity index (χ3n) is 6.51. The number of allylic oxidation sites excluding steroid dienone is 6. The van der Waals surface area contributed by atoms with Crippen LogP contribution in [-0.4, -0.2) is 38.8 Å². The number of ketones is 2. The molecule has 1 aliphatic heterocycles. The molecule has 0 bridgehead atoms. The number of imide groups is 1. The molecule has 1 heterocycles. The molecule has 2 amide bonds. The number of halogens is 1. The van der Waals surface area contributed by atoms with Gasteiger partial charge in [-0.1, -0.05) is 23.8 Å². The number of Topliss-reactive ketones (excluding diaryl/α,β-unsaturated/α-hetero) is 1. The Kier molecular flexibility index (Phi) is 4.20. The zero-order chi connectivity index (χ0) is 21.3. The smallest absolute Gasteiger partial charge is 0.257 e. The quantitative estimate of drug-likeness (QED) is 0.283. The van der Waals surface area contributed by atoms with E-state index in [1.807, 2.05) is 6.08 Å². The average molecular weight is 470 g/mol. The number of hydroxylamine groups is 2. The minimum absolute atomic E-state index is 0.0195. The minimum atomic E-state index is -0.788. The molecule has 30 heavy (non-hydrogen) atoms. The normalized spacial score (nSPS) is 30.7. The predicted molar refractivity (Wildman–Crippen MR) is 106 cm³/mol. The van der Waals surface area contributed by atoms with E-state index in [1.54, 1.807) is 12.1 Å². The number of carbonyl (C=O) groups is 4. The van der Waals surface area contributed by atoms with Crippen LogP contribution in [-0.2, 0) is 19.2 Å². The number of phenols is 1. The molecule has 1 aromatic rings. The Bertz CT molecular complexity index is 1150. The van der Waals surface area contributed by atoms with Crippen molar-refractivity contribution in [3.8, 4) is 5.75 Å². The molecule has 1 saturated heterocycles. The summed E-state index contributed by atoms with van der Waals surface area (Å²) in [4.78, 5) is 50.9. The van der Waals surface area contributed by atoms with E-state index in [-0.39, 0.29) is 39.7 Å². The average Bonchev–Trinajstić information content (AvgIpc) is 2.95. The maximum absolute atomic E-state index is 12.9. The summed E-state index contributed by atoms with van der Waals surface area (Å²) in [6.07, 6.45) is 3.50. The highest BCUT2D eigenvalue weighted by molar-refractivity contribution is 9.12. The van der Waals surface area contributed by atoms with Crippen LogP contribution in [0.25, 0.3) is 0 Å². The van der Waals surface area contributed by atoms with E-state index in [0.29, 0.717) is 16.7 Å². The van der Waals surface area contributed by atoms with Crippen LogP contribution in [0.2, 0.25) is 0 Å². The molecule has 4 unspecified atom stereocenters. The van der Waals surface area contributed by atoms with Gasteiger partial charge in [-0.15, -0.1) is 0 Å². The lowest BCUT2D eigenvalue weighted by Gasteiger charge is -2.42. The highest BCUT2D eigenvalue weighted by Crippen LogP contribution is 2.55. The Morgan fingerprint density at radius 2 is 1.83 bits per heavy atom. The molecule has 0 saturated carbocycles. The van der Waals surface area contributed by atoms with Crippen LogP contribution in [0.3, 0.4) is 0 Å². The van der Waals surface area contributed by atoms with E-state index in [1.165, 1.54) is 18.2 Å². The molecular formula is C22H16BrNO6. The number of benzene rings is 1. The Morgan fingerprint density at radius 1 is 1.07 bits per heavy atom. The Balaban J connectivity index is 1.72. The molecule has 0 aromatic heterocycles. The van der Waals surface area contributed by atoms with Gasteiger partial charge in [0.15, 0.2) is 11.6 Å². The van der Waals surface area contributed by atoms with Crippen molar-refractivity contribution in [1.82, 2.24) is 5.06 Å². The van der Waals surface area contributed by atoms with Crippen molar-refractivity contribution in [3.05, 3.63) is 63.2 Å². The molecule has 2 N–H and O–H groups in total. The summed E-state index contributed by atoms with van der Waals surface area (Å²) in [7, 11) is 0. The number of aromatic hydroxyl groups is 1. The molecule has 3 aliphatic carbocycles. The molecule has 0 radical (unpaired) electrons. The van der Waals surface area contributed by atoms with Gasteiger partial charge in [0.25, 0.3) is 11.8 Å². The van der Waals surface area contributed by atoms with Crippen molar-refractivity contribution in [2.75, 3.05) is 0 Å². The summed E-state index contributed by atoms with van der Waals surface area (Å²) in [6.45, 7) is 0. The first-order chi connectivity index (χ1) is 14.3. The maximum Gasteiger partial charge on any atom is 0.257 e. The van der Waals surface area contributed by atoms with Crippen molar-refractivity contribution >= 4 is 39.3 Å². The summed E-state index contributed by atoms with van der Waals surface area (Å²) in [6, 6.07) is 6.46. The lowest BCUT2D eigenvalue weighted by Crippen LogP contribution is -2.39. The van der Waals surface area contributed by atoms with E-state index in [4.69, 9.17) is 0 Å². The molecule has 4 atom stereocenters. The molecule has 1 aromatic carbocycles. The van der Waals surface area contributed by atoms with Gasteiger partial charge in [0.2, 0.25) is 0 Å². The second-order valence-corrected chi connectivity index (χ2v) is 8.83. The molecule has 0 spiro atoms. The van der Waals surface area contributed by atoms with E-state index in [0.717, 1.165) is 5.57 Å². The Morgan fingerprint density at radius 3 is 2.57 bits per heavy atom. The van der Waals surface area contributed by atoms with E-state index >= 15 is 0 Å². The molecule has 152 valence electrons. The van der Waals surface area contributed by atoms with E-state index < -0.39 is 35.5 Å². The highest BCUT2D eigenvalue weighted by atomic mass is 79.9. The van der Waals surface area contributed by atoms with Gasteiger partial charge in [0.1, 0.15) is 5.75 Å². The fourth-order valence-corrected chi connectivity index (χ4v) is 5.72. The third kappa shape index (κ3) is 2.53. The number of hydrogen-bond donors (Lipinski definition) is 2. The van der Waals surface area contributed by atoms with Crippen LogP contribution in [0.4, 0.5) is 0 Å². The lowest BCUT2D eigenvalue weighted by molar-refractivity contribution is -0.173. The number of amides is 2. The summed E-state index contributed by atoms with van der Waals surface area (Å²) < 4.78 is 0.151. The Labute approximate surface area is 179 Å². The zero-order valence-electron chi connectivity index (χ0n) is 15.5. The molecular weight excluding hydrogens is 454 g/mol. The van der Waals surface area contributed by atoms with Gasteiger partial charge < -0.3 is 5.11 Å². The first-order valence-electron chi connectivity index (χ1n) is 9.54. The van der Waals surface area contributed by atoms with Gasteiger partial charge in [0, 0.05) is 23.1 Å². The summed E-state index contributed by atoms with van der Waals surface area (Å²) in [5.74, 6) is -4.51. The topological polar surface area (TPSA) is 112 Å². The van der Waals surface area contributed by atoms with E-state index in [2.05, 4.69) is 15.9 Å². The number of nitrogens with zero attached hydrogens (tertiary/aromatic N) is 1. The van der Waals surface area contributed by atoms with Crippen molar-refractivity contribution in [3.63, 3.8) is 0 Å². The summed E-state index contributed by atoms with van der Waals surface area (Å²) >= 11 is 3.15. The van der Waals surface area contributed by atoms with Crippen molar-refractivity contribution in [1.29, 1.82) is 0 Å². The second kappa shape index (κ2) is 6.58. The van der Waals surface area contributed by atoms with Crippen LogP contribution in [0, 0.1) is 17.8 Å². The number of hydrogen-bond acceptors (Lipinski definition) is 6. The van der Waals surface area contributed by atoms with Gasteiger partial charge >= 0.3 is 0 Å². The van der Waals surface area contributed by atoms with Gasteiger partial charge in [-0.05, 0) is 52.4 Å². The molecule has 7 nitrogen and oxygen atoms in total. The first kappa shape index (κ1) is 19.1. The van der Waals surface area contributed by atoms with Crippen molar-refractivity contribution in [2.24, 2.45) is 17.8 Å².